The Morgan fingerprint density at radius 1 is 0.778 bits per heavy atom. The van der Waals surface area contributed by atoms with E-state index in [4.69, 9.17) is 10.2 Å². The highest BCUT2D eigenvalue weighted by molar-refractivity contribution is 5.56. The summed E-state index contributed by atoms with van der Waals surface area (Å²) in [5.74, 6) is 0.456. The maximum absolute atomic E-state index is 10.9. The number of rotatable bonds is 4. The van der Waals surface area contributed by atoms with Crippen molar-refractivity contribution in [1.82, 2.24) is 0 Å². The molecule has 0 saturated heterocycles. The van der Waals surface area contributed by atoms with Crippen LogP contribution in [-0.2, 0) is 11.1 Å². The van der Waals surface area contributed by atoms with Gasteiger partial charge in [-0.15, -0.1) is 0 Å². The maximum atomic E-state index is 10.9. The average molecular weight is 489 g/mol. The van der Waals surface area contributed by atoms with Gasteiger partial charge in [0.15, 0.2) is 0 Å². The van der Waals surface area contributed by atoms with Crippen LogP contribution in [-0.4, -0.2) is 21.5 Å². The quantitative estimate of drug-likeness (QED) is 0.346. The second kappa shape index (κ2) is 7.65. The summed E-state index contributed by atoms with van der Waals surface area (Å²) in [6.07, 6.45) is 5.55. The number of anilines is 2. The van der Waals surface area contributed by atoms with Crippen LogP contribution in [0.25, 0.3) is 0 Å². The first-order valence-corrected chi connectivity index (χ1v) is 13.0. The van der Waals surface area contributed by atoms with Crippen molar-refractivity contribution in [2.45, 2.75) is 84.0 Å². The molecule has 5 rings (SSSR count). The van der Waals surface area contributed by atoms with Gasteiger partial charge in [0.1, 0.15) is 11.1 Å². The lowest BCUT2D eigenvalue weighted by Crippen LogP contribution is -2.45. The van der Waals surface area contributed by atoms with Crippen LogP contribution in [0.4, 0.5) is 11.4 Å². The second-order valence-electron chi connectivity index (χ2n) is 13.2. The lowest BCUT2D eigenvalue weighted by atomic mass is 9.61. The van der Waals surface area contributed by atoms with Gasteiger partial charge in [0.25, 0.3) is 0 Å². The van der Waals surface area contributed by atoms with Gasteiger partial charge in [-0.3, -0.25) is 20.5 Å². The fourth-order valence-electron chi connectivity index (χ4n) is 7.00. The van der Waals surface area contributed by atoms with E-state index in [1.54, 1.807) is 0 Å². The summed E-state index contributed by atoms with van der Waals surface area (Å²) in [7, 11) is 0. The molecule has 192 valence electrons. The van der Waals surface area contributed by atoms with Crippen LogP contribution in [0, 0.1) is 17.3 Å². The summed E-state index contributed by atoms with van der Waals surface area (Å²) in [6.45, 7) is 16.5. The van der Waals surface area contributed by atoms with E-state index in [2.05, 4.69) is 50.3 Å². The van der Waals surface area contributed by atoms with E-state index in [1.807, 2.05) is 65.8 Å². The van der Waals surface area contributed by atoms with Gasteiger partial charge in [-0.25, -0.2) is 0 Å². The molecule has 0 aromatic heterocycles. The van der Waals surface area contributed by atoms with E-state index in [9.17, 15) is 10.4 Å². The molecule has 2 N–H and O–H groups in total. The number of hydrogen-bond donors (Lipinski definition) is 2. The molecule has 2 aromatic carbocycles. The standard InChI is InChI=1S/C30H40N4O2/c1-26(2,3)33(35)22-14-9-12-20(18-22)29-24-16-11-17-25(24)30(32-31-29,28(29,7)8)21-13-10-15-23(19-21)34(36)27(4,5)6/h9-16,18-19,24-25,35-36H,17H2,1-8H3. The molecule has 1 saturated carbocycles. The Morgan fingerprint density at radius 2 is 1.25 bits per heavy atom. The Bertz CT molecular complexity index is 1240. The summed E-state index contributed by atoms with van der Waals surface area (Å²) in [5.41, 5.74) is 1.39. The smallest absolute Gasteiger partial charge is 0.121 e. The van der Waals surface area contributed by atoms with Gasteiger partial charge in [-0.2, -0.15) is 10.2 Å². The number of fused-ring (bicyclic) bond motifs is 5. The van der Waals surface area contributed by atoms with Gasteiger partial charge in [-0.05, 0) is 83.4 Å². The zero-order chi connectivity index (χ0) is 26.3. The summed E-state index contributed by atoms with van der Waals surface area (Å²) >= 11 is 0. The zero-order valence-corrected chi connectivity index (χ0v) is 22.8. The molecule has 2 aromatic rings. The monoisotopic (exact) mass is 488 g/mol. The van der Waals surface area contributed by atoms with Crippen molar-refractivity contribution in [3.05, 3.63) is 71.8 Å². The van der Waals surface area contributed by atoms with Crippen LogP contribution in [0.1, 0.15) is 72.9 Å². The third-order valence-electron chi connectivity index (χ3n) is 8.79. The van der Waals surface area contributed by atoms with Crippen molar-refractivity contribution < 1.29 is 10.4 Å². The fraction of sp³-hybridized carbons (Fsp3) is 0.533. The second-order valence-corrected chi connectivity index (χ2v) is 13.2. The van der Waals surface area contributed by atoms with Crippen molar-refractivity contribution in [2.75, 3.05) is 10.1 Å². The molecule has 4 unspecified atom stereocenters. The number of hydroxylamine groups is 2. The Labute approximate surface area is 215 Å². The lowest BCUT2D eigenvalue weighted by Gasteiger charge is -2.42. The molecule has 0 amide bonds. The molecule has 6 nitrogen and oxygen atoms in total. The molecule has 1 fully saturated rings. The van der Waals surface area contributed by atoms with Crippen LogP contribution in [0.15, 0.2) is 70.9 Å². The average Bonchev–Trinajstić information content (AvgIpc) is 3.44. The third-order valence-corrected chi connectivity index (χ3v) is 8.79. The minimum atomic E-state index is -0.557. The van der Waals surface area contributed by atoms with Gasteiger partial charge < -0.3 is 0 Å². The normalized spacial score (nSPS) is 30.1. The molecule has 3 aliphatic rings. The highest BCUT2D eigenvalue weighted by Crippen LogP contribution is 2.76. The van der Waals surface area contributed by atoms with Gasteiger partial charge >= 0.3 is 0 Å². The minimum absolute atomic E-state index is 0.193. The van der Waals surface area contributed by atoms with Gasteiger partial charge in [0.05, 0.1) is 22.5 Å². The maximum Gasteiger partial charge on any atom is 0.121 e. The molecule has 2 bridgehead atoms. The zero-order valence-electron chi connectivity index (χ0n) is 22.8. The topological polar surface area (TPSA) is 71.7 Å². The molecule has 1 aliphatic heterocycles. The predicted molar refractivity (Wildman–Crippen MR) is 144 cm³/mol. The van der Waals surface area contributed by atoms with Crippen LogP contribution in [0.3, 0.4) is 0 Å². The lowest BCUT2D eigenvalue weighted by molar-refractivity contribution is 0.149. The summed E-state index contributed by atoms with van der Waals surface area (Å²) < 4.78 is 0. The third kappa shape index (κ3) is 3.10. The predicted octanol–water partition coefficient (Wildman–Crippen LogP) is 7.46. The highest BCUT2D eigenvalue weighted by atomic mass is 16.5. The van der Waals surface area contributed by atoms with E-state index >= 15 is 0 Å². The van der Waals surface area contributed by atoms with Crippen molar-refractivity contribution in [1.29, 1.82) is 0 Å². The first-order valence-electron chi connectivity index (χ1n) is 13.0. The molecule has 0 spiro atoms. The van der Waals surface area contributed by atoms with Gasteiger partial charge in [-0.1, -0.05) is 50.3 Å². The summed E-state index contributed by atoms with van der Waals surface area (Å²) in [6, 6.07) is 16.4. The van der Waals surface area contributed by atoms with Crippen molar-refractivity contribution in [2.24, 2.45) is 27.5 Å². The van der Waals surface area contributed by atoms with Gasteiger partial charge in [0, 0.05) is 17.3 Å². The molecule has 6 heteroatoms. The molecule has 1 heterocycles. The highest BCUT2D eigenvalue weighted by Gasteiger charge is 2.77. The Hall–Kier alpha value is -2.70. The molecular weight excluding hydrogens is 448 g/mol. The fourth-order valence-corrected chi connectivity index (χ4v) is 7.00. The SMILES string of the molecule is CC(C)(C)N(O)c1cccc(C23N=NC(c4cccc(N(O)C(C)(C)C)c4)(C4CC=CC42)C3(C)C)c1. The van der Waals surface area contributed by atoms with Crippen molar-refractivity contribution in [3.63, 3.8) is 0 Å². The number of nitrogens with zero attached hydrogens (tertiary/aromatic N) is 4. The molecule has 0 radical (unpaired) electrons. The summed E-state index contributed by atoms with van der Waals surface area (Å²) in [5, 5.41) is 34.8. The number of allylic oxidation sites excluding steroid dienone is 1. The van der Waals surface area contributed by atoms with E-state index in [-0.39, 0.29) is 17.3 Å². The van der Waals surface area contributed by atoms with Crippen molar-refractivity contribution in [3.8, 4) is 0 Å². The van der Waals surface area contributed by atoms with Crippen LogP contribution in [0.2, 0.25) is 0 Å². The Balaban J connectivity index is 1.67. The van der Waals surface area contributed by atoms with Crippen LogP contribution in [0.5, 0.6) is 0 Å². The van der Waals surface area contributed by atoms with Crippen LogP contribution < -0.4 is 10.1 Å². The molecular formula is C30H40N4O2. The molecule has 4 atom stereocenters. The molecule has 2 aliphatic carbocycles. The Kier molecular flexibility index (Phi) is 5.31. The largest absolute Gasteiger partial charge is 0.288 e. The Morgan fingerprint density at radius 3 is 1.75 bits per heavy atom. The van der Waals surface area contributed by atoms with E-state index in [1.165, 1.54) is 10.1 Å². The number of azo groups is 1. The number of benzene rings is 2. The van der Waals surface area contributed by atoms with Crippen LogP contribution >= 0.6 is 0 Å². The first-order chi connectivity index (χ1) is 16.7. The minimum Gasteiger partial charge on any atom is -0.288 e. The first kappa shape index (κ1) is 25.0. The molecule has 36 heavy (non-hydrogen) atoms. The van der Waals surface area contributed by atoms with E-state index in [0.717, 1.165) is 28.9 Å². The van der Waals surface area contributed by atoms with Gasteiger partial charge in [0.2, 0.25) is 0 Å². The van der Waals surface area contributed by atoms with E-state index < -0.39 is 22.2 Å². The summed E-state index contributed by atoms with van der Waals surface area (Å²) in [4.78, 5) is 0. The van der Waals surface area contributed by atoms with Crippen molar-refractivity contribution >= 4 is 11.4 Å². The number of hydrogen-bond acceptors (Lipinski definition) is 6. The van der Waals surface area contributed by atoms with E-state index in [0.29, 0.717) is 0 Å².